The van der Waals surface area contributed by atoms with Crippen molar-refractivity contribution >= 4 is 16.7 Å². The molecule has 2 aromatic carbocycles. The van der Waals surface area contributed by atoms with Crippen molar-refractivity contribution in [2.75, 3.05) is 18.0 Å². The Morgan fingerprint density at radius 3 is 2.81 bits per heavy atom. The standard InChI is InChI=1S/C25H24N6/c1-2-17-6-4-8-22-23(17)30-25(29-22)21-14-28-13-20(18-7-3-5-16(11-18)12-26)24(21)31-10-9-19(27)15-31/h3-8,11,13-14,19H,2,9-10,15,27H2,1H3,(H,29,30)/t19-/m0/s1. The fourth-order valence-corrected chi connectivity index (χ4v) is 4.43. The van der Waals surface area contributed by atoms with Crippen molar-refractivity contribution in [3.8, 4) is 28.6 Å². The van der Waals surface area contributed by atoms with Gasteiger partial charge in [-0.25, -0.2) is 4.98 Å². The monoisotopic (exact) mass is 408 g/mol. The summed E-state index contributed by atoms with van der Waals surface area (Å²) in [5, 5.41) is 9.38. The largest absolute Gasteiger partial charge is 0.369 e. The molecule has 31 heavy (non-hydrogen) atoms. The molecule has 0 aliphatic carbocycles. The van der Waals surface area contributed by atoms with Crippen molar-refractivity contribution in [1.29, 1.82) is 5.26 Å². The third-order valence-corrected chi connectivity index (χ3v) is 5.99. The molecule has 3 heterocycles. The number of nitrogens with one attached hydrogen (secondary N) is 1. The molecule has 4 aromatic rings. The van der Waals surface area contributed by atoms with Gasteiger partial charge in [0.15, 0.2) is 0 Å². The second-order valence-corrected chi connectivity index (χ2v) is 8.02. The molecule has 1 fully saturated rings. The number of aromatic nitrogens is 3. The molecule has 1 saturated heterocycles. The Labute approximate surface area is 181 Å². The van der Waals surface area contributed by atoms with Crippen molar-refractivity contribution in [2.45, 2.75) is 25.8 Å². The average Bonchev–Trinajstić information content (AvgIpc) is 3.44. The predicted octanol–water partition coefficient (Wildman–Crippen LogP) is 4.26. The number of para-hydroxylation sites is 1. The van der Waals surface area contributed by atoms with Crippen LogP contribution in [0.3, 0.4) is 0 Å². The van der Waals surface area contributed by atoms with Crippen LogP contribution in [0.15, 0.2) is 54.9 Å². The number of hydrogen-bond acceptors (Lipinski definition) is 5. The molecule has 1 aliphatic heterocycles. The Morgan fingerprint density at radius 1 is 1.19 bits per heavy atom. The van der Waals surface area contributed by atoms with Gasteiger partial charge < -0.3 is 15.6 Å². The molecule has 2 aromatic heterocycles. The quantitative estimate of drug-likeness (QED) is 0.526. The maximum absolute atomic E-state index is 9.38. The third-order valence-electron chi connectivity index (χ3n) is 5.99. The van der Waals surface area contributed by atoms with Gasteiger partial charge in [-0.1, -0.05) is 31.2 Å². The Bertz CT molecular complexity index is 1300. The summed E-state index contributed by atoms with van der Waals surface area (Å²) >= 11 is 0. The van der Waals surface area contributed by atoms with Crippen molar-refractivity contribution in [2.24, 2.45) is 5.73 Å². The number of nitrogens with two attached hydrogens (primary N) is 1. The lowest BCUT2D eigenvalue weighted by molar-refractivity contribution is 0.752. The van der Waals surface area contributed by atoms with E-state index in [0.717, 1.165) is 65.2 Å². The number of H-pyrrole nitrogens is 1. The summed E-state index contributed by atoms with van der Waals surface area (Å²) < 4.78 is 0. The normalized spacial score (nSPS) is 16.0. The first-order valence-corrected chi connectivity index (χ1v) is 10.6. The van der Waals surface area contributed by atoms with E-state index in [-0.39, 0.29) is 6.04 Å². The highest BCUT2D eigenvalue weighted by atomic mass is 15.2. The van der Waals surface area contributed by atoms with Gasteiger partial charge in [-0.2, -0.15) is 5.26 Å². The maximum atomic E-state index is 9.38. The molecule has 5 rings (SSSR count). The molecular formula is C25H24N6. The van der Waals surface area contributed by atoms with E-state index >= 15 is 0 Å². The zero-order valence-corrected chi connectivity index (χ0v) is 17.5. The second-order valence-electron chi connectivity index (χ2n) is 8.02. The van der Waals surface area contributed by atoms with Crippen LogP contribution in [-0.2, 0) is 6.42 Å². The number of aromatic amines is 1. The van der Waals surface area contributed by atoms with Crippen LogP contribution < -0.4 is 10.6 Å². The Balaban J connectivity index is 1.73. The van der Waals surface area contributed by atoms with E-state index in [1.807, 2.05) is 36.7 Å². The smallest absolute Gasteiger partial charge is 0.142 e. The second kappa shape index (κ2) is 7.86. The van der Waals surface area contributed by atoms with Gasteiger partial charge in [-0.15, -0.1) is 0 Å². The van der Waals surface area contributed by atoms with E-state index in [1.165, 1.54) is 5.56 Å². The lowest BCUT2D eigenvalue weighted by Crippen LogP contribution is -2.27. The van der Waals surface area contributed by atoms with Crippen LogP contribution in [0, 0.1) is 11.3 Å². The summed E-state index contributed by atoms with van der Waals surface area (Å²) in [5.74, 6) is 0.803. The van der Waals surface area contributed by atoms with Crippen LogP contribution in [-0.4, -0.2) is 34.1 Å². The lowest BCUT2D eigenvalue weighted by atomic mass is 10.00. The van der Waals surface area contributed by atoms with Gasteiger partial charge in [-0.3, -0.25) is 4.98 Å². The Hall–Kier alpha value is -3.69. The first-order chi connectivity index (χ1) is 15.2. The maximum Gasteiger partial charge on any atom is 0.142 e. The SMILES string of the molecule is CCc1cccc2[nH]c(-c3cncc(-c4cccc(C#N)c4)c3N3CC[C@H](N)C3)nc12. The van der Waals surface area contributed by atoms with E-state index < -0.39 is 0 Å². The van der Waals surface area contributed by atoms with Gasteiger partial charge in [0.25, 0.3) is 0 Å². The van der Waals surface area contributed by atoms with Gasteiger partial charge in [0.1, 0.15) is 5.82 Å². The van der Waals surface area contributed by atoms with Gasteiger partial charge in [0.05, 0.1) is 33.9 Å². The molecule has 0 amide bonds. The van der Waals surface area contributed by atoms with Crippen LogP contribution in [0.4, 0.5) is 5.69 Å². The fraction of sp³-hybridized carbons (Fsp3) is 0.240. The topological polar surface area (TPSA) is 94.6 Å². The first-order valence-electron chi connectivity index (χ1n) is 10.6. The molecule has 6 nitrogen and oxygen atoms in total. The summed E-state index contributed by atoms with van der Waals surface area (Å²) in [5.41, 5.74) is 14.1. The number of nitriles is 1. The minimum Gasteiger partial charge on any atom is -0.369 e. The van der Waals surface area contributed by atoms with Crippen LogP contribution in [0.25, 0.3) is 33.5 Å². The zero-order chi connectivity index (χ0) is 21.4. The number of rotatable bonds is 4. The molecule has 6 heteroatoms. The minimum absolute atomic E-state index is 0.140. The molecule has 1 aliphatic rings. The van der Waals surface area contributed by atoms with E-state index in [2.05, 4.69) is 46.1 Å². The number of nitrogens with zero attached hydrogens (tertiary/aromatic N) is 4. The zero-order valence-electron chi connectivity index (χ0n) is 17.5. The van der Waals surface area contributed by atoms with Crippen molar-refractivity contribution in [3.05, 3.63) is 66.0 Å². The summed E-state index contributed by atoms with van der Waals surface area (Å²) in [7, 11) is 0. The number of fused-ring (bicyclic) bond motifs is 1. The van der Waals surface area contributed by atoms with Crippen LogP contribution >= 0.6 is 0 Å². The number of benzene rings is 2. The van der Waals surface area contributed by atoms with Crippen molar-refractivity contribution < 1.29 is 0 Å². The molecule has 3 N–H and O–H groups in total. The number of anilines is 1. The van der Waals surface area contributed by atoms with Gasteiger partial charge >= 0.3 is 0 Å². The molecule has 0 unspecified atom stereocenters. The summed E-state index contributed by atoms with van der Waals surface area (Å²) in [6.07, 6.45) is 5.62. The molecule has 0 radical (unpaired) electrons. The molecule has 154 valence electrons. The van der Waals surface area contributed by atoms with Crippen LogP contribution in [0.1, 0.15) is 24.5 Å². The highest BCUT2D eigenvalue weighted by Gasteiger charge is 2.26. The number of imidazole rings is 1. The highest BCUT2D eigenvalue weighted by Crippen LogP contribution is 2.40. The van der Waals surface area contributed by atoms with Crippen molar-refractivity contribution in [3.63, 3.8) is 0 Å². The molecule has 1 atom stereocenters. The number of hydrogen-bond donors (Lipinski definition) is 2. The van der Waals surface area contributed by atoms with E-state index in [9.17, 15) is 5.26 Å². The molecular weight excluding hydrogens is 384 g/mol. The number of aryl methyl sites for hydroxylation is 1. The Kier molecular flexibility index (Phi) is 4.89. The minimum atomic E-state index is 0.140. The summed E-state index contributed by atoms with van der Waals surface area (Å²) in [6.45, 7) is 3.80. The molecule has 0 saturated carbocycles. The van der Waals surface area contributed by atoms with Crippen LogP contribution in [0.2, 0.25) is 0 Å². The van der Waals surface area contributed by atoms with Gasteiger partial charge in [-0.05, 0) is 42.2 Å². The summed E-state index contributed by atoms with van der Waals surface area (Å²) in [6, 6.07) is 16.3. The number of pyridine rings is 1. The Morgan fingerprint density at radius 2 is 2.03 bits per heavy atom. The average molecular weight is 409 g/mol. The first kappa shape index (κ1) is 19.3. The highest BCUT2D eigenvalue weighted by molar-refractivity contribution is 5.91. The molecule has 0 spiro atoms. The molecule has 0 bridgehead atoms. The predicted molar refractivity (Wildman–Crippen MR) is 124 cm³/mol. The van der Waals surface area contributed by atoms with Crippen molar-refractivity contribution in [1.82, 2.24) is 15.0 Å². The van der Waals surface area contributed by atoms with E-state index in [4.69, 9.17) is 10.7 Å². The van der Waals surface area contributed by atoms with Gasteiger partial charge in [0, 0.05) is 37.1 Å². The van der Waals surface area contributed by atoms with E-state index in [0.29, 0.717) is 5.56 Å². The van der Waals surface area contributed by atoms with E-state index in [1.54, 1.807) is 0 Å². The lowest BCUT2D eigenvalue weighted by Gasteiger charge is -2.24. The fourth-order valence-electron chi connectivity index (χ4n) is 4.43. The van der Waals surface area contributed by atoms with Crippen LogP contribution in [0.5, 0.6) is 0 Å². The van der Waals surface area contributed by atoms with Gasteiger partial charge in [0.2, 0.25) is 0 Å². The third kappa shape index (κ3) is 3.43. The summed E-state index contributed by atoms with van der Waals surface area (Å²) in [4.78, 5) is 15.3.